The van der Waals surface area contributed by atoms with Gasteiger partial charge in [-0.2, -0.15) is 0 Å². The van der Waals surface area contributed by atoms with E-state index < -0.39 is 15.9 Å². The van der Waals surface area contributed by atoms with E-state index in [0.29, 0.717) is 13.2 Å². The number of carbonyl (C=O) groups excluding carboxylic acids is 1. The van der Waals surface area contributed by atoms with E-state index in [4.69, 9.17) is 4.74 Å². The standard InChI is InChI=1S/C17H27NO4S/c1-5-18(14(3)13-23(20,21)6-2)17(19)15(4)22-12-16-10-8-7-9-11-16/h7-11,14-15H,5-6,12-13H2,1-4H3/t14-,15-/m1/s1. The van der Waals surface area contributed by atoms with Crippen LogP contribution in [0.15, 0.2) is 30.3 Å². The Kier molecular flexibility index (Phi) is 7.72. The summed E-state index contributed by atoms with van der Waals surface area (Å²) in [6.45, 7) is 7.74. The van der Waals surface area contributed by atoms with Crippen LogP contribution in [-0.4, -0.2) is 49.4 Å². The van der Waals surface area contributed by atoms with Crippen molar-refractivity contribution in [2.45, 2.75) is 46.4 Å². The zero-order chi connectivity index (χ0) is 17.5. The molecule has 0 N–H and O–H groups in total. The molecule has 0 heterocycles. The summed E-state index contributed by atoms with van der Waals surface area (Å²) in [5.41, 5.74) is 0.997. The Hall–Kier alpha value is -1.40. The average Bonchev–Trinajstić information content (AvgIpc) is 2.53. The lowest BCUT2D eigenvalue weighted by Crippen LogP contribution is -2.47. The van der Waals surface area contributed by atoms with Crippen molar-refractivity contribution >= 4 is 15.7 Å². The highest BCUT2D eigenvalue weighted by Crippen LogP contribution is 2.10. The molecule has 0 radical (unpaired) electrons. The van der Waals surface area contributed by atoms with Gasteiger partial charge in [-0.3, -0.25) is 4.79 Å². The molecule has 0 fully saturated rings. The van der Waals surface area contributed by atoms with Crippen molar-refractivity contribution in [2.75, 3.05) is 18.1 Å². The number of carbonyl (C=O) groups is 1. The zero-order valence-corrected chi connectivity index (χ0v) is 15.2. The lowest BCUT2D eigenvalue weighted by atomic mass is 10.2. The summed E-state index contributed by atoms with van der Waals surface area (Å²) < 4.78 is 29.2. The second kappa shape index (κ2) is 9.03. The number of hydrogen-bond acceptors (Lipinski definition) is 4. The van der Waals surface area contributed by atoms with Gasteiger partial charge in [0, 0.05) is 18.3 Å². The number of nitrogens with zero attached hydrogens (tertiary/aromatic N) is 1. The van der Waals surface area contributed by atoms with Crippen LogP contribution in [0.4, 0.5) is 0 Å². The van der Waals surface area contributed by atoms with Gasteiger partial charge in [0.25, 0.3) is 5.91 Å². The summed E-state index contributed by atoms with van der Waals surface area (Å²) in [5, 5.41) is 0. The van der Waals surface area contributed by atoms with E-state index in [1.165, 1.54) is 0 Å². The van der Waals surface area contributed by atoms with Gasteiger partial charge in [0.1, 0.15) is 6.10 Å². The number of amides is 1. The van der Waals surface area contributed by atoms with Crippen LogP contribution < -0.4 is 0 Å². The van der Waals surface area contributed by atoms with Gasteiger partial charge >= 0.3 is 0 Å². The molecule has 23 heavy (non-hydrogen) atoms. The lowest BCUT2D eigenvalue weighted by molar-refractivity contribution is -0.144. The molecular formula is C17H27NO4S. The van der Waals surface area contributed by atoms with E-state index in [2.05, 4.69) is 0 Å². The molecule has 0 saturated carbocycles. The second-order valence-corrected chi connectivity index (χ2v) is 8.01. The summed E-state index contributed by atoms with van der Waals surface area (Å²) in [5.74, 6) is -0.111. The van der Waals surface area contributed by atoms with E-state index in [1.807, 2.05) is 37.3 Å². The van der Waals surface area contributed by atoms with Crippen molar-refractivity contribution in [3.63, 3.8) is 0 Å². The quantitative estimate of drug-likeness (QED) is 0.691. The van der Waals surface area contributed by atoms with Gasteiger partial charge in [0.05, 0.1) is 12.4 Å². The van der Waals surface area contributed by atoms with Crippen molar-refractivity contribution in [1.29, 1.82) is 0 Å². The van der Waals surface area contributed by atoms with Gasteiger partial charge in [0.15, 0.2) is 9.84 Å². The molecule has 1 rings (SSSR count). The zero-order valence-electron chi connectivity index (χ0n) is 14.4. The molecular weight excluding hydrogens is 314 g/mol. The number of hydrogen-bond donors (Lipinski definition) is 0. The Balaban J connectivity index is 2.64. The molecule has 0 aliphatic heterocycles. The van der Waals surface area contributed by atoms with Crippen molar-refractivity contribution in [1.82, 2.24) is 4.90 Å². The fourth-order valence-electron chi connectivity index (χ4n) is 2.36. The normalized spacial score (nSPS) is 14.3. The summed E-state index contributed by atoms with van der Waals surface area (Å²) >= 11 is 0. The smallest absolute Gasteiger partial charge is 0.251 e. The first kappa shape index (κ1) is 19.6. The molecule has 0 aliphatic carbocycles. The predicted octanol–water partition coefficient (Wildman–Crippen LogP) is 2.26. The van der Waals surface area contributed by atoms with Gasteiger partial charge in [-0.1, -0.05) is 37.3 Å². The number of ether oxygens (including phenoxy) is 1. The maximum Gasteiger partial charge on any atom is 0.251 e. The summed E-state index contributed by atoms with van der Waals surface area (Å²) in [4.78, 5) is 14.1. The first-order chi connectivity index (χ1) is 10.8. The summed E-state index contributed by atoms with van der Waals surface area (Å²) in [6, 6.07) is 9.27. The van der Waals surface area contributed by atoms with Crippen LogP contribution in [0, 0.1) is 0 Å². The molecule has 0 spiro atoms. The Labute approximate surface area is 139 Å². The molecule has 0 aromatic heterocycles. The predicted molar refractivity (Wildman–Crippen MR) is 91.9 cm³/mol. The van der Waals surface area contributed by atoms with Crippen LogP contribution >= 0.6 is 0 Å². The number of rotatable bonds is 9. The fourth-order valence-corrected chi connectivity index (χ4v) is 3.51. The van der Waals surface area contributed by atoms with E-state index in [-0.39, 0.29) is 23.5 Å². The highest BCUT2D eigenvalue weighted by atomic mass is 32.2. The highest BCUT2D eigenvalue weighted by molar-refractivity contribution is 7.91. The highest BCUT2D eigenvalue weighted by Gasteiger charge is 2.27. The molecule has 0 unspecified atom stereocenters. The van der Waals surface area contributed by atoms with E-state index in [9.17, 15) is 13.2 Å². The van der Waals surface area contributed by atoms with Crippen LogP contribution in [0.2, 0.25) is 0 Å². The average molecular weight is 341 g/mol. The summed E-state index contributed by atoms with van der Waals surface area (Å²) in [6.07, 6.45) is -0.609. The fraction of sp³-hybridized carbons (Fsp3) is 0.588. The monoisotopic (exact) mass is 341 g/mol. The molecule has 0 aliphatic rings. The Morgan fingerprint density at radius 1 is 1.17 bits per heavy atom. The Morgan fingerprint density at radius 2 is 1.78 bits per heavy atom. The summed E-state index contributed by atoms with van der Waals surface area (Å²) in [7, 11) is -3.12. The number of likely N-dealkylation sites (N-methyl/N-ethyl adjacent to an activating group) is 1. The van der Waals surface area contributed by atoms with Crippen molar-refractivity contribution in [3.8, 4) is 0 Å². The molecule has 0 bridgehead atoms. The van der Waals surface area contributed by atoms with E-state index in [0.717, 1.165) is 5.56 Å². The molecule has 2 atom stereocenters. The van der Waals surface area contributed by atoms with Gasteiger partial charge in [-0.05, 0) is 26.3 Å². The van der Waals surface area contributed by atoms with Crippen LogP contribution in [0.25, 0.3) is 0 Å². The minimum absolute atomic E-state index is 0.0194. The van der Waals surface area contributed by atoms with Gasteiger partial charge < -0.3 is 9.64 Å². The molecule has 1 amide bonds. The molecule has 6 heteroatoms. The topological polar surface area (TPSA) is 63.7 Å². The third kappa shape index (κ3) is 6.31. The van der Waals surface area contributed by atoms with Crippen LogP contribution in [0.5, 0.6) is 0 Å². The molecule has 1 aromatic rings. The minimum atomic E-state index is -3.12. The van der Waals surface area contributed by atoms with Crippen LogP contribution in [0.3, 0.4) is 0 Å². The third-order valence-corrected chi connectivity index (χ3v) is 5.65. The lowest BCUT2D eigenvalue weighted by Gasteiger charge is -2.30. The van der Waals surface area contributed by atoms with Gasteiger partial charge in [-0.15, -0.1) is 0 Å². The maximum absolute atomic E-state index is 12.5. The van der Waals surface area contributed by atoms with Crippen LogP contribution in [0.1, 0.15) is 33.3 Å². The van der Waals surface area contributed by atoms with Crippen LogP contribution in [-0.2, 0) is 26.0 Å². The van der Waals surface area contributed by atoms with Gasteiger partial charge in [0.2, 0.25) is 0 Å². The van der Waals surface area contributed by atoms with E-state index >= 15 is 0 Å². The molecule has 5 nitrogen and oxygen atoms in total. The first-order valence-electron chi connectivity index (χ1n) is 7.97. The largest absolute Gasteiger partial charge is 0.364 e. The van der Waals surface area contributed by atoms with Gasteiger partial charge in [-0.25, -0.2) is 8.42 Å². The number of benzene rings is 1. The van der Waals surface area contributed by atoms with E-state index in [1.54, 1.807) is 25.7 Å². The van der Waals surface area contributed by atoms with Crippen molar-refractivity contribution in [2.24, 2.45) is 0 Å². The molecule has 0 saturated heterocycles. The maximum atomic E-state index is 12.5. The van der Waals surface area contributed by atoms with Crippen molar-refractivity contribution < 1.29 is 17.9 Å². The Bertz CT molecular complexity index is 586. The first-order valence-corrected chi connectivity index (χ1v) is 9.79. The SMILES string of the molecule is CCN(C(=O)[C@@H](C)OCc1ccccc1)[C@H](C)CS(=O)(=O)CC. The Morgan fingerprint density at radius 3 is 2.30 bits per heavy atom. The second-order valence-electron chi connectivity index (χ2n) is 5.61. The number of sulfone groups is 1. The third-order valence-electron chi connectivity index (χ3n) is 3.78. The minimum Gasteiger partial charge on any atom is -0.364 e. The van der Waals surface area contributed by atoms with Crippen molar-refractivity contribution in [3.05, 3.63) is 35.9 Å². The molecule has 1 aromatic carbocycles. The molecule has 130 valence electrons.